The van der Waals surface area contributed by atoms with Gasteiger partial charge in [0.25, 0.3) is 0 Å². The molecule has 3 aromatic rings. The van der Waals surface area contributed by atoms with E-state index in [2.05, 4.69) is 41.0 Å². The molecule has 0 N–H and O–H groups in total. The molecule has 0 atom stereocenters. The van der Waals surface area contributed by atoms with E-state index in [4.69, 9.17) is 9.72 Å². The van der Waals surface area contributed by atoms with Gasteiger partial charge < -0.3 is 9.30 Å². The zero-order chi connectivity index (χ0) is 17.1. The normalized spacial score (nSPS) is 15.6. The molecule has 0 radical (unpaired) electrons. The van der Waals surface area contributed by atoms with Crippen LogP contribution in [0.2, 0.25) is 0 Å². The summed E-state index contributed by atoms with van der Waals surface area (Å²) in [6.45, 7) is 1.05. The fourth-order valence-corrected chi connectivity index (χ4v) is 4.05. The van der Waals surface area contributed by atoms with Gasteiger partial charge in [0.2, 0.25) is 0 Å². The number of hydrogen-bond donors (Lipinski definition) is 0. The lowest BCUT2D eigenvalue weighted by Gasteiger charge is -2.22. The summed E-state index contributed by atoms with van der Waals surface area (Å²) in [5, 5.41) is 0. The lowest BCUT2D eigenvalue weighted by molar-refractivity contribution is 0.326. The van der Waals surface area contributed by atoms with E-state index in [0.29, 0.717) is 0 Å². The first kappa shape index (κ1) is 16.2. The second-order valence-corrected chi connectivity index (χ2v) is 7.10. The molecule has 0 saturated heterocycles. The van der Waals surface area contributed by atoms with Crippen molar-refractivity contribution in [2.24, 2.45) is 5.92 Å². The third kappa shape index (κ3) is 3.41. The fourth-order valence-electron chi connectivity index (χ4n) is 4.05. The molecule has 1 heterocycles. The second-order valence-electron chi connectivity index (χ2n) is 7.10. The van der Waals surface area contributed by atoms with E-state index >= 15 is 0 Å². The minimum Gasteiger partial charge on any atom is -0.497 e. The van der Waals surface area contributed by atoms with Crippen molar-refractivity contribution in [2.45, 2.75) is 45.1 Å². The lowest BCUT2D eigenvalue weighted by atomic mass is 9.87. The summed E-state index contributed by atoms with van der Waals surface area (Å²) in [4.78, 5) is 4.92. The van der Waals surface area contributed by atoms with Gasteiger partial charge in [-0.1, -0.05) is 44.2 Å². The van der Waals surface area contributed by atoms with E-state index in [0.717, 1.165) is 35.1 Å². The molecule has 4 rings (SSSR count). The van der Waals surface area contributed by atoms with Gasteiger partial charge in [-0.3, -0.25) is 0 Å². The first-order valence-electron chi connectivity index (χ1n) is 9.45. The van der Waals surface area contributed by atoms with Crippen LogP contribution in [-0.4, -0.2) is 16.7 Å². The van der Waals surface area contributed by atoms with E-state index in [1.54, 1.807) is 7.11 Å². The minimum absolute atomic E-state index is 0.874. The van der Waals surface area contributed by atoms with Crippen LogP contribution in [0.15, 0.2) is 48.5 Å². The predicted octanol–water partition coefficient (Wildman–Crippen LogP) is 5.68. The van der Waals surface area contributed by atoms with Gasteiger partial charge in [-0.2, -0.15) is 0 Å². The van der Waals surface area contributed by atoms with Crippen molar-refractivity contribution in [2.75, 3.05) is 7.11 Å². The van der Waals surface area contributed by atoms with Crippen molar-refractivity contribution in [1.29, 1.82) is 0 Å². The van der Waals surface area contributed by atoms with Gasteiger partial charge in [0.1, 0.15) is 11.6 Å². The number of imidazole rings is 1. The SMILES string of the molecule is COc1ccc(-c2nc3ccccc3n2CCC2CCCCC2)cc1. The Morgan fingerprint density at radius 3 is 2.52 bits per heavy atom. The first-order chi connectivity index (χ1) is 12.3. The number of aromatic nitrogens is 2. The zero-order valence-corrected chi connectivity index (χ0v) is 14.9. The van der Waals surface area contributed by atoms with Crippen LogP contribution in [0.5, 0.6) is 5.75 Å². The molecule has 1 aliphatic carbocycles. The number of benzene rings is 2. The van der Waals surface area contributed by atoms with Gasteiger partial charge in [0.15, 0.2) is 0 Å². The summed E-state index contributed by atoms with van der Waals surface area (Å²) in [6.07, 6.45) is 8.27. The summed E-state index contributed by atoms with van der Waals surface area (Å²) < 4.78 is 7.70. The third-order valence-electron chi connectivity index (χ3n) is 5.49. The topological polar surface area (TPSA) is 27.1 Å². The molecule has 0 spiro atoms. The van der Waals surface area contributed by atoms with Crippen LogP contribution < -0.4 is 4.74 Å². The summed E-state index contributed by atoms with van der Waals surface area (Å²) in [6, 6.07) is 16.7. The Hall–Kier alpha value is -2.29. The number of ether oxygens (including phenoxy) is 1. The Balaban J connectivity index is 1.67. The van der Waals surface area contributed by atoms with Gasteiger partial charge >= 0.3 is 0 Å². The molecule has 0 amide bonds. The van der Waals surface area contributed by atoms with Crippen molar-refractivity contribution in [1.82, 2.24) is 9.55 Å². The van der Waals surface area contributed by atoms with Crippen molar-refractivity contribution >= 4 is 11.0 Å². The maximum absolute atomic E-state index is 5.29. The van der Waals surface area contributed by atoms with Crippen molar-refractivity contribution < 1.29 is 4.74 Å². The molecular weight excluding hydrogens is 308 g/mol. The van der Waals surface area contributed by atoms with Gasteiger partial charge in [-0.05, 0) is 48.7 Å². The maximum atomic E-state index is 5.29. The summed E-state index contributed by atoms with van der Waals surface area (Å²) in [5.41, 5.74) is 3.47. The molecule has 1 aromatic heterocycles. The van der Waals surface area contributed by atoms with Crippen LogP contribution in [0.25, 0.3) is 22.4 Å². The van der Waals surface area contributed by atoms with Gasteiger partial charge in [-0.15, -0.1) is 0 Å². The average molecular weight is 334 g/mol. The number of aryl methyl sites for hydroxylation is 1. The fraction of sp³-hybridized carbons (Fsp3) is 0.409. The monoisotopic (exact) mass is 334 g/mol. The number of para-hydroxylation sites is 2. The van der Waals surface area contributed by atoms with Crippen LogP contribution >= 0.6 is 0 Å². The van der Waals surface area contributed by atoms with Crippen LogP contribution in [-0.2, 0) is 6.54 Å². The number of fused-ring (bicyclic) bond motifs is 1. The Morgan fingerprint density at radius 2 is 1.76 bits per heavy atom. The summed E-state index contributed by atoms with van der Waals surface area (Å²) in [7, 11) is 1.70. The van der Waals surface area contributed by atoms with Crippen molar-refractivity contribution in [3.8, 4) is 17.1 Å². The standard InChI is InChI=1S/C22H26N2O/c1-25-19-13-11-18(12-14-19)22-23-20-9-5-6-10-21(20)24(22)16-15-17-7-3-2-4-8-17/h5-6,9-14,17H,2-4,7-8,15-16H2,1H3. The number of hydrogen-bond acceptors (Lipinski definition) is 2. The van der Waals surface area contributed by atoms with Gasteiger partial charge in [-0.25, -0.2) is 4.98 Å². The highest BCUT2D eigenvalue weighted by molar-refractivity contribution is 5.80. The molecule has 0 bridgehead atoms. The molecule has 130 valence electrons. The van der Waals surface area contributed by atoms with Crippen molar-refractivity contribution in [3.63, 3.8) is 0 Å². The largest absolute Gasteiger partial charge is 0.497 e. The van der Waals surface area contributed by atoms with Gasteiger partial charge in [0.05, 0.1) is 18.1 Å². The molecule has 25 heavy (non-hydrogen) atoms. The Bertz CT molecular complexity index is 829. The van der Waals surface area contributed by atoms with E-state index in [1.165, 1.54) is 44.0 Å². The Kier molecular flexibility index (Phi) is 4.73. The van der Waals surface area contributed by atoms with Crippen LogP contribution in [0.1, 0.15) is 38.5 Å². The molecule has 1 saturated carbocycles. The Morgan fingerprint density at radius 1 is 1.00 bits per heavy atom. The highest BCUT2D eigenvalue weighted by Crippen LogP contribution is 2.30. The highest BCUT2D eigenvalue weighted by atomic mass is 16.5. The van der Waals surface area contributed by atoms with Crippen LogP contribution in [0.4, 0.5) is 0 Å². The van der Waals surface area contributed by atoms with E-state index in [9.17, 15) is 0 Å². The summed E-state index contributed by atoms with van der Waals surface area (Å²) >= 11 is 0. The van der Waals surface area contributed by atoms with Crippen LogP contribution in [0.3, 0.4) is 0 Å². The second kappa shape index (κ2) is 7.30. The maximum Gasteiger partial charge on any atom is 0.141 e. The van der Waals surface area contributed by atoms with E-state index < -0.39 is 0 Å². The molecule has 0 unspecified atom stereocenters. The first-order valence-corrected chi connectivity index (χ1v) is 9.45. The quantitative estimate of drug-likeness (QED) is 0.600. The van der Waals surface area contributed by atoms with E-state index in [-0.39, 0.29) is 0 Å². The molecule has 2 aromatic carbocycles. The summed E-state index contributed by atoms with van der Waals surface area (Å²) in [5.74, 6) is 2.83. The molecule has 1 aliphatic rings. The van der Waals surface area contributed by atoms with Gasteiger partial charge in [0, 0.05) is 12.1 Å². The molecule has 0 aliphatic heterocycles. The van der Waals surface area contributed by atoms with Crippen LogP contribution in [0, 0.1) is 5.92 Å². The number of methoxy groups -OCH3 is 1. The molecular formula is C22H26N2O. The Labute approximate surface area is 149 Å². The smallest absolute Gasteiger partial charge is 0.141 e. The predicted molar refractivity (Wildman–Crippen MR) is 103 cm³/mol. The molecule has 3 nitrogen and oxygen atoms in total. The minimum atomic E-state index is 0.874. The number of rotatable bonds is 5. The lowest BCUT2D eigenvalue weighted by Crippen LogP contribution is -2.10. The third-order valence-corrected chi connectivity index (χ3v) is 5.49. The number of nitrogens with zero attached hydrogens (tertiary/aromatic N) is 2. The van der Waals surface area contributed by atoms with E-state index in [1.807, 2.05) is 12.1 Å². The molecule has 1 fully saturated rings. The highest BCUT2D eigenvalue weighted by Gasteiger charge is 2.17. The molecule has 3 heteroatoms. The zero-order valence-electron chi connectivity index (χ0n) is 14.9. The van der Waals surface area contributed by atoms with Crippen molar-refractivity contribution in [3.05, 3.63) is 48.5 Å². The average Bonchev–Trinajstić information content (AvgIpc) is 3.06.